The van der Waals surface area contributed by atoms with Crippen molar-refractivity contribution in [1.29, 1.82) is 0 Å². The molecule has 0 fully saturated rings. The number of nitrogens with zero attached hydrogens (tertiary/aromatic N) is 1. The number of hydrogen-bond donors (Lipinski definition) is 0. The van der Waals surface area contributed by atoms with Gasteiger partial charge >= 0.3 is 5.97 Å². The van der Waals surface area contributed by atoms with Crippen molar-refractivity contribution in [2.24, 2.45) is 0 Å². The van der Waals surface area contributed by atoms with Crippen molar-refractivity contribution >= 4 is 12.0 Å². The molecule has 0 aliphatic carbocycles. The maximum Gasteiger partial charge on any atom is 0.308 e. The van der Waals surface area contributed by atoms with Gasteiger partial charge in [-0.3, -0.25) is 14.9 Å². The van der Waals surface area contributed by atoms with E-state index < -0.39 is 10.9 Å². The summed E-state index contributed by atoms with van der Waals surface area (Å²) in [7, 11) is 1.42. The van der Waals surface area contributed by atoms with Crippen LogP contribution in [0.2, 0.25) is 0 Å². The maximum absolute atomic E-state index is 10.8. The van der Waals surface area contributed by atoms with Crippen LogP contribution in [0.4, 0.5) is 0 Å². The summed E-state index contributed by atoms with van der Waals surface area (Å²) in [4.78, 5) is 20.4. The summed E-state index contributed by atoms with van der Waals surface area (Å²) < 4.78 is 9.91. The first kappa shape index (κ1) is 12.7. The molecular weight excluding hydrogens is 226 g/mol. The van der Waals surface area contributed by atoms with E-state index >= 15 is 0 Å². The minimum absolute atomic E-state index is 0.276. The standard InChI is InChI=1S/C11H11NO5/c1-8(13)17-10-4-3-9(5-6-12(14)15)7-11(10)16-2/h3-7H,1-2H3/b6-5+. The second-order valence-corrected chi connectivity index (χ2v) is 3.11. The van der Waals surface area contributed by atoms with Gasteiger partial charge in [0.15, 0.2) is 11.5 Å². The highest BCUT2D eigenvalue weighted by Gasteiger charge is 2.07. The third-order valence-electron chi connectivity index (χ3n) is 1.83. The van der Waals surface area contributed by atoms with Crippen LogP contribution in [0, 0.1) is 10.1 Å². The summed E-state index contributed by atoms with van der Waals surface area (Å²) in [6.45, 7) is 1.28. The molecule has 0 N–H and O–H groups in total. The predicted molar refractivity (Wildman–Crippen MR) is 60.3 cm³/mol. The Morgan fingerprint density at radius 3 is 2.65 bits per heavy atom. The zero-order valence-electron chi connectivity index (χ0n) is 9.38. The van der Waals surface area contributed by atoms with Gasteiger partial charge in [0.05, 0.1) is 12.0 Å². The molecule has 0 radical (unpaired) electrons. The monoisotopic (exact) mass is 237 g/mol. The molecule has 6 heteroatoms. The Morgan fingerprint density at radius 2 is 2.12 bits per heavy atom. The topological polar surface area (TPSA) is 78.7 Å². The minimum atomic E-state index is -0.563. The summed E-state index contributed by atoms with van der Waals surface area (Å²) in [6.07, 6.45) is 2.14. The lowest BCUT2D eigenvalue weighted by atomic mass is 10.2. The van der Waals surface area contributed by atoms with Crippen molar-refractivity contribution in [1.82, 2.24) is 0 Å². The minimum Gasteiger partial charge on any atom is -0.493 e. The molecule has 0 saturated heterocycles. The molecule has 0 saturated carbocycles. The highest BCUT2D eigenvalue weighted by Crippen LogP contribution is 2.28. The number of esters is 1. The Kier molecular flexibility index (Phi) is 4.21. The van der Waals surface area contributed by atoms with E-state index in [9.17, 15) is 14.9 Å². The van der Waals surface area contributed by atoms with E-state index in [-0.39, 0.29) is 5.75 Å². The van der Waals surface area contributed by atoms with Crippen molar-refractivity contribution in [3.63, 3.8) is 0 Å². The van der Waals surface area contributed by atoms with Gasteiger partial charge in [-0.25, -0.2) is 0 Å². The third kappa shape index (κ3) is 3.94. The van der Waals surface area contributed by atoms with Gasteiger partial charge in [-0.2, -0.15) is 0 Å². The molecule has 0 amide bonds. The molecule has 1 aromatic rings. The van der Waals surface area contributed by atoms with E-state index in [0.717, 1.165) is 6.20 Å². The zero-order valence-corrected chi connectivity index (χ0v) is 9.38. The van der Waals surface area contributed by atoms with Crippen molar-refractivity contribution in [2.45, 2.75) is 6.92 Å². The van der Waals surface area contributed by atoms with Gasteiger partial charge in [-0.05, 0) is 17.7 Å². The molecule has 17 heavy (non-hydrogen) atoms. The number of benzene rings is 1. The third-order valence-corrected chi connectivity index (χ3v) is 1.83. The van der Waals surface area contributed by atoms with Crippen molar-refractivity contribution in [2.75, 3.05) is 7.11 Å². The van der Waals surface area contributed by atoms with Gasteiger partial charge in [0.2, 0.25) is 6.20 Å². The Labute approximate surface area is 97.6 Å². The second-order valence-electron chi connectivity index (χ2n) is 3.11. The van der Waals surface area contributed by atoms with Gasteiger partial charge in [-0.15, -0.1) is 0 Å². The van der Waals surface area contributed by atoms with Crippen LogP contribution in [0.1, 0.15) is 12.5 Å². The SMILES string of the molecule is COc1cc(/C=C/[N+](=O)[O-])ccc1OC(C)=O. The molecule has 0 atom stereocenters. The van der Waals surface area contributed by atoms with Gasteiger partial charge in [0.1, 0.15) is 0 Å². The lowest BCUT2D eigenvalue weighted by molar-refractivity contribution is -0.400. The van der Waals surface area contributed by atoms with Gasteiger partial charge in [-0.1, -0.05) is 6.07 Å². The van der Waals surface area contributed by atoms with Crippen LogP contribution in [0.3, 0.4) is 0 Å². The normalized spacial score (nSPS) is 10.2. The molecule has 1 rings (SSSR count). The van der Waals surface area contributed by atoms with Crippen LogP contribution in [0.25, 0.3) is 6.08 Å². The molecule has 0 aliphatic rings. The first-order valence-electron chi connectivity index (χ1n) is 4.71. The molecule has 0 heterocycles. The van der Waals surface area contributed by atoms with Crippen LogP contribution < -0.4 is 9.47 Å². The molecule has 0 aliphatic heterocycles. The molecule has 1 aromatic carbocycles. The van der Waals surface area contributed by atoms with E-state index in [1.807, 2.05) is 0 Å². The van der Waals surface area contributed by atoms with E-state index in [2.05, 4.69) is 0 Å². The molecule has 0 spiro atoms. The summed E-state index contributed by atoms with van der Waals surface area (Å²) >= 11 is 0. The Morgan fingerprint density at radius 1 is 1.41 bits per heavy atom. The van der Waals surface area contributed by atoms with E-state index in [4.69, 9.17) is 9.47 Å². The fourth-order valence-corrected chi connectivity index (χ4v) is 1.17. The lowest BCUT2D eigenvalue weighted by Crippen LogP contribution is -2.03. The lowest BCUT2D eigenvalue weighted by Gasteiger charge is -2.07. The molecule has 0 aromatic heterocycles. The predicted octanol–water partition coefficient (Wildman–Crippen LogP) is 1.87. The smallest absolute Gasteiger partial charge is 0.308 e. The first-order chi connectivity index (χ1) is 8.02. The van der Waals surface area contributed by atoms with Crippen LogP contribution in [-0.2, 0) is 4.79 Å². The molecular formula is C11H11NO5. The molecule has 0 unspecified atom stereocenters. The largest absolute Gasteiger partial charge is 0.493 e. The number of carbonyl (C=O) groups excluding carboxylic acids is 1. The number of ether oxygens (including phenoxy) is 2. The van der Waals surface area contributed by atoms with Crippen LogP contribution >= 0.6 is 0 Å². The van der Waals surface area contributed by atoms with Gasteiger partial charge in [0, 0.05) is 13.0 Å². The summed E-state index contributed by atoms with van der Waals surface area (Å²) in [5.74, 6) is 0.154. The summed E-state index contributed by atoms with van der Waals surface area (Å²) in [5.41, 5.74) is 0.578. The van der Waals surface area contributed by atoms with Crippen LogP contribution in [-0.4, -0.2) is 18.0 Å². The highest BCUT2D eigenvalue weighted by molar-refractivity contribution is 5.71. The average Bonchev–Trinajstić information content (AvgIpc) is 2.26. The molecule has 90 valence electrons. The quantitative estimate of drug-likeness (QED) is 0.345. The van der Waals surface area contributed by atoms with Gasteiger partial charge < -0.3 is 9.47 Å². The summed E-state index contributed by atoms with van der Waals surface area (Å²) in [5, 5.41) is 10.2. The number of carbonyl (C=O) groups is 1. The average molecular weight is 237 g/mol. The van der Waals surface area contributed by atoms with Crippen LogP contribution in [0.15, 0.2) is 24.4 Å². The van der Waals surface area contributed by atoms with Crippen LogP contribution in [0.5, 0.6) is 11.5 Å². The highest BCUT2D eigenvalue weighted by atomic mass is 16.6. The molecule has 0 bridgehead atoms. The van der Waals surface area contributed by atoms with E-state index in [1.165, 1.54) is 32.2 Å². The number of methoxy groups -OCH3 is 1. The fourth-order valence-electron chi connectivity index (χ4n) is 1.17. The molecule has 6 nitrogen and oxygen atoms in total. The number of hydrogen-bond acceptors (Lipinski definition) is 5. The van der Waals surface area contributed by atoms with Crippen molar-refractivity contribution < 1.29 is 19.2 Å². The van der Waals surface area contributed by atoms with E-state index in [0.29, 0.717) is 11.3 Å². The van der Waals surface area contributed by atoms with Crippen molar-refractivity contribution in [3.05, 3.63) is 40.1 Å². The fraction of sp³-hybridized carbons (Fsp3) is 0.182. The van der Waals surface area contributed by atoms with Crippen molar-refractivity contribution in [3.8, 4) is 11.5 Å². The van der Waals surface area contributed by atoms with Gasteiger partial charge in [0.25, 0.3) is 0 Å². The summed E-state index contributed by atoms with van der Waals surface area (Å²) in [6, 6.07) is 4.64. The Hall–Kier alpha value is -2.37. The zero-order chi connectivity index (χ0) is 12.8. The Balaban J connectivity index is 2.99. The first-order valence-corrected chi connectivity index (χ1v) is 4.71. The Bertz CT molecular complexity index is 467. The van der Waals surface area contributed by atoms with E-state index in [1.54, 1.807) is 6.07 Å². The maximum atomic E-state index is 10.8. The number of rotatable bonds is 4. The number of nitro groups is 1. The second kappa shape index (κ2) is 5.64.